The van der Waals surface area contributed by atoms with Gasteiger partial charge in [0.25, 0.3) is 5.91 Å². The number of fused-ring (bicyclic) bond motifs is 2. The maximum absolute atomic E-state index is 14.2. The maximum atomic E-state index is 14.2. The molecule has 0 radical (unpaired) electrons. The first kappa shape index (κ1) is 34.1. The van der Waals surface area contributed by atoms with Gasteiger partial charge in [0.2, 0.25) is 28.1 Å². The lowest BCUT2D eigenvalue weighted by molar-refractivity contribution is -0.275. The van der Waals surface area contributed by atoms with Gasteiger partial charge in [0, 0.05) is 12.5 Å². The van der Waals surface area contributed by atoms with Crippen LogP contribution in [0, 0.1) is 17.8 Å². The number of sulfonamides is 1. The number of allylic oxidation sites excluding steroid dienone is 1. The average Bonchev–Trinajstić information content (AvgIpc) is 3.88. The molecule has 2 saturated carbocycles. The second kappa shape index (κ2) is 12.4. The number of ether oxygens (including phenoxy) is 2. The smallest absolute Gasteiger partial charge is 0.339 e. The van der Waals surface area contributed by atoms with Crippen LogP contribution >= 0.6 is 0 Å². The summed E-state index contributed by atoms with van der Waals surface area (Å²) in [6.07, 6.45) is 1.86. The van der Waals surface area contributed by atoms with Crippen molar-refractivity contribution in [1.29, 1.82) is 0 Å². The minimum atomic E-state index is -4.62. The lowest BCUT2D eigenvalue weighted by Crippen LogP contribution is -2.59. The fourth-order valence-electron chi connectivity index (χ4n) is 6.51. The molecule has 0 spiro atoms. The monoisotopic (exact) mass is 662 g/mol. The van der Waals surface area contributed by atoms with Crippen molar-refractivity contribution in [3.05, 3.63) is 12.2 Å². The van der Waals surface area contributed by atoms with Gasteiger partial charge in [0.15, 0.2) is 11.8 Å². The van der Waals surface area contributed by atoms with Gasteiger partial charge in [-0.25, -0.2) is 8.42 Å². The summed E-state index contributed by atoms with van der Waals surface area (Å²) >= 11 is 0. The van der Waals surface area contributed by atoms with Crippen LogP contribution in [0.2, 0.25) is 0 Å². The molecule has 2 aliphatic carbocycles. The molecular formula is C30H45F3N4O7S. The van der Waals surface area contributed by atoms with Crippen LogP contribution in [0.4, 0.5) is 13.2 Å². The Kier molecular flexibility index (Phi) is 9.41. The minimum absolute atomic E-state index is 0.184. The molecule has 4 fully saturated rings. The standard InChI is InChI=1S/C30H45F3N4O7S/c1-5-18-15-17(2)9-6-7-10-19-16-29(19,27(40)36-45(41,42)20-12-13-20)35-23(38)21-11-8-14-37(21)25(39)22(18)34-24-26(43-24)44-28(3,4)30(31,32)33/h7,10,17-22,24,26,34H,5-6,8-9,11-16H2,1-4H3,(H,35,38)(H,36,40). The summed E-state index contributed by atoms with van der Waals surface area (Å²) in [5.74, 6) is -2.08. The SMILES string of the molecule is CCC1CC(C)CCC=CC2CC2(C(=O)NS(=O)(=O)C2CC2)NC(=O)C2CCCN2C(=O)C1NC1OC1OC(C)(C)C(F)(F)F. The van der Waals surface area contributed by atoms with Crippen molar-refractivity contribution >= 4 is 27.7 Å². The molecule has 8 atom stereocenters. The highest BCUT2D eigenvalue weighted by Gasteiger charge is 2.62. The van der Waals surface area contributed by atoms with Crippen molar-refractivity contribution in [1.82, 2.24) is 20.3 Å². The Hall–Kier alpha value is -2.23. The van der Waals surface area contributed by atoms with Crippen LogP contribution in [-0.2, 0) is 33.9 Å². The van der Waals surface area contributed by atoms with Crippen LogP contribution in [0.5, 0.6) is 0 Å². The molecule has 0 aromatic rings. The van der Waals surface area contributed by atoms with E-state index >= 15 is 0 Å². The number of hydrogen-bond donors (Lipinski definition) is 3. The molecule has 3 amide bonds. The van der Waals surface area contributed by atoms with Gasteiger partial charge in [-0.2, -0.15) is 13.2 Å². The number of rotatable bonds is 8. The number of halogens is 3. The zero-order valence-electron chi connectivity index (χ0n) is 26.2. The number of hydrogen-bond acceptors (Lipinski definition) is 8. The Balaban J connectivity index is 1.37. The van der Waals surface area contributed by atoms with Gasteiger partial charge in [-0.15, -0.1) is 0 Å². The van der Waals surface area contributed by atoms with Crippen molar-refractivity contribution in [2.24, 2.45) is 17.8 Å². The van der Waals surface area contributed by atoms with Gasteiger partial charge in [0.05, 0.1) is 11.3 Å². The van der Waals surface area contributed by atoms with Gasteiger partial charge in [-0.1, -0.05) is 32.4 Å². The molecule has 15 heteroatoms. The van der Waals surface area contributed by atoms with Crippen molar-refractivity contribution in [2.75, 3.05) is 6.54 Å². The van der Waals surface area contributed by atoms with Crippen LogP contribution in [0.25, 0.3) is 0 Å². The zero-order valence-corrected chi connectivity index (χ0v) is 27.0. The van der Waals surface area contributed by atoms with Gasteiger partial charge >= 0.3 is 6.18 Å². The van der Waals surface area contributed by atoms with Crippen LogP contribution < -0.4 is 15.4 Å². The Labute approximate surface area is 262 Å². The molecule has 5 aliphatic rings. The van der Waals surface area contributed by atoms with E-state index in [9.17, 15) is 36.0 Å². The van der Waals surface area contributed by atoms with Crippen molar-refractivity contribution in [3.63, 3.8) is 0 Å². The van der Waals surface area contributed by atoms with E-state index in [-0.39, 0.29) is 36.6 Å². The summed E-state index contributed by atoms with van der Waals surface area (Å²) in [6.45, 7) is 6.13. The van der Waals surface area contributed by atoms with E-state index in [1.165, 1.54) is 4.90 Å². The molecule has 11 nitrogen and oxygen atoms in total. The summed E-state index contributed by atoms with van der Waals surface area (Å²) in [6, 6.07) is -1.75. The van der Waals surface area contributed by atoms with E-state index in [1.807, 2.05) is 19.1 Å². The molecule has 0 aromatic heterocycles. The minimum Gasteiger partial charge on any atom is -0.339 e. The molecule has 3 heterocycles. The third kappa shape index (κ3) is 7.36. The Morgan fingerprint density at radius 2 is 1.91 bits per heavy atom. The molecule has 254 valence electrons. The fourth-order valence-corrected chi connectivity index (χ4v) is 7.88. The highest BCUT2D eigenvalue weighted by molar-refractivity contribution is 7.91. The van der Waals surface area contributed by atoms with Crippen molar-refractivity contribution in [3.8, 4) is 0 Å². The molecule has 5 rings (SSSR count). The van der Waals surface area contributed by atoms with E-state index in [2.05, 4.69) is 22.3 Å². The number of epoxide rings is 1. The third-order valence-electron chi connectivity index (χ3n) is 9.85. The molecule has 45 heavy (non-hydrogen) atoms. The second-order valence-corrected chi connectivity index (χ2v) is 15.8. The van der Waals surface area contributed by atoms with E-state index in [1.54, 1.807) is 0 Å². The van der Waals surface area contributed by atoms with Crippen LogP contribution in [-0.4, -0.2) is 84.8 Å². The van der Waals surface area contributed by atoms with Crippen LogP contribution in [0.1, 0.15) is 85.5 Å². The van der Waals surface area contributed by atoms with Crippen LogP contribution in [0.15, 0.2) is 12.2 Å². The number of alkyl halides is 3. The molecule has 0 bridgehead atoms. The number of carbonyl (C=O) groups excluding carboxylic acids is 3. The largest absolute Gasteiger partial charge is 0.417 e. The fraction of sp³-hybridized carbons (Fsp3) is 0.833. The number of carbonyl (C=O) groups is 3. The highest BCUT2D eigenvalue weighted by Crippen LogP contribution is 2.46. The molecule has 2 saturated heterocycles. The molecule has 3 N–H and O–H groups in total. The number of nitrogens with zero attached hydrogens (tertiary/aromatic N) is 1. The first-order valence-corrected chi connectivity index (χ1v) is 17.5. The van der Waals surface area contributed by atoms with Crippen molar-refractivity contribution < 1.29 is 45.4 Å². The maximum Gasteiger partial charge on any atom is 0.417 e. The van der Waals surface area contributed by atoms with Gasteiger partial charge in [-0.05, 0) is 77.0 Å². The topological polar surface area (TPSA) is 146 Å². The van der Waals surface area contributed by atoms with Crippen LogP contribution in [0.3, 0.4) is 0 Å². The van der Waals surface area contributed by atoms with Gasteiger partial charge < -0.3 is 19.7 Å². The average molecular weight is 663 g/mol. The lowest BCUT2D eigenvalue weighted by atomic mass is 9.85. The van der Waals surface area contributed by atoms with E-state index < -0.39 is 69.0 Å². The van der Waals surface area contributed by atoms with E-state index in [0.29, 0.717) is 44.9 Å². The Bertz CT molecular complexity index is 1300. The first-order valence-electron chi connectivity index (χ1n) is 16.0. The van der Waals surface area contributed by atoms with Crippen molar-refractivity contribution in [2.45, 2.75) is 133 Å². The van der Waals surface area contributed by atoms with Gasteiger partial charge in [0.1, 0.15) is 11.6 Å². The molecule has 8 unspecified atom stereocenters. The molecular weight excluding hydrogens is 617 g/mol. The van der Waals surface area contributed by atoms with E-state index in [0.717, 1.165) is 20.3 Å². The normalized spacial score (nSPS) is 36.3. The summed E-state index contributed by atoms with van der Waals surface area (Å²) < 4.78 is 78.2. The Morgan fingerprint density at radius 3 is 2.56 bits per heavy atom. The summed E-state index contributed by atoms with van der Waals surface area (Å²) in [7, 11) is -3.84. The van der Waals surface area contributed by atoms with Gasteiger partial charge in [-0.3, -0.25) is 24.4 Å². The Morgan fingerprint density at radius 1 is 1.20 bits per heavy atom. The number of amides is 3. The van der Waals surface area contributed by atoms with E-state index in [4.69, 9.17) is 9.47 Å². The quantitative estimate of drug-likeness (QED) is 0.266. The predicted molar refractivity (Wildman–Crippen MR) is 157 cm³/mol. The summed E-state index contributed by atoms with van der Waals surface area (Å²) in [4.78, 5) is 42.8. The lowest BCUT2D eigenvalue weighted by Gasteiger charge is -2.34. The molecule has 0 aromatic carbocycles. The third-order valence-corrected chi connectivity index (χ3v) is 11.7. The number of nitrogens with one attached hydrogen (secondary N) is 3. The summed E-state index contributed by atoms with van der Waals surface area (Å²) in [5.41, 5.74) is -3.88. The zero-order chi connectivity index (χ0) is 32.9. The first-order chi connectivity index (χ1) is 21.0. The second-order valence-electron chi connectivity index (χ2n) is 13.8. The predicted octanol–water partition coefficient (Wildman–Crippen LogP) is 2.86. The summed E-state index contributed by atoms with van der Waals surface area (Å²) in [5, 5.41) is 5.33. The highest BCUT2D eigenvalue weighted by atomic mass is 32.2. The molecule has 3 aliphatic heterocycles.